The van der Waals surface area contributed by atoms with E-state index in [1.165, 1.54) is 0 Å². The normalized spacial score (nSPS) is 27.7. The number of hydrogen-bond acceptors (Lipinski definition) is 5. The van der Waals surface area contributed by atoms with Crippen LogP contribution in [0, 0.1) is 0 Å². The minimum atomic E-state index is -0.569. The van der Waals surface area contributed by atoms with Gasteiger partial charge in [-0.2, -0.15) is 0 Å². The molecule has 2 saturated heterocycles. The third-order valence-electron chi connectivity index (χ3n) is 6.40. The molecule has 2 fully saturated rings. The predicted molar refractivity (Wildman–Crippen MR) is 104 cm³/mol. The minimum Gasteiger partial charge on any atom is -0.327 e. The van der Waals surface area contributed by atoms with Crippen LogP contribution in [0.4, 0.5) is 0 Å². The van der Waals surface area contributed by atoms with E-state index in [1.807, 2.05) is 12.1 Å². The summed E-state index contributed by atoms with van der Waals surface area (Å²) in [4.78, 5) is 40.5. The average molecular weight is 384 g/mol. The third kappa shape index (κ3) is 3.44. The van der Waals surface area contributed by atoms with Gasteiger partial charge in [-0.25, -0.2) is 0 Å². The van der Waals surface area contributed by atoms with Gasteiger partial charge in [0, 0.05) is 43.2 Å². The van der Waals surface area contributed by atoms with Crippen LogP contribution in [0.15, 0.2) is 18.2 Å². The Kier molecular flexibility index (Phi) is 4.75. The largest absolute Gasteiger partial charge is 0.327 e. The number of rotatable bonds is 3. The van der Waals surface area contributed by atoms with Crippen LogP contribution in [-0.4, -0.2) is 51.7 Å². The van der Waals surface area contributed by atoms with Crippen molar-refractivity contribution in [2.24, 2.45) is 5.73 Å². The highest BCUT2D eigenvalue weighted by atomic mass is 16.2. The van der Waals surface area contributed by atoms with Gasteiger partial charge >= 0.3 is 0 Å². The van der Waals surface area contributed by atoms with Gasteiger partial charge < -0.3 is 10.6 Å². The molecule has 0 aromatic heterocycles. The van der Waals surface area contributed by atoms with Gasteiger partial charge in [-0.1, -0.05) is 12.1 Å². The molecule has 7 nitrogen and oxygen atoms in total. The van der Waals surface area contributed by atoms with E-state index in [9.17, 15) is 14.4 Å². The monoisotopic (exact) mass is 384 g/mol. The first kappa shape index (κ1) is 19.1. The molecule has 0 radical (unpaired) electrons. The highest BCUT2D eigenvalue weighted by molar-refractivity contribution is 6.05. The Morgan fingerprint density at radius 2 is 2.00 bits per heavy atom. The molecule has 3 aliphatic heterocycles. The van der Waals surface area contributed by atoms with E-state index in [0.717, 1.165) is 37.1 Å². The first-order chi connectivity index (χ1) is 13.2. The summed E-state index contributed by atoms with van der Waals surface area (Å²) >= 11 is 0. The summed E-state index contributed by atoms with van der Waals surface area (Å²) in [6, 6.07) is 5.63. The zero-order valence-electron chi connectivity index (χ0n) is 16.5. The van der Waals surface area contributed by atoms with Crippen LogP contribution in [0.3, 0.4) is 0 Å². The van der Waals surface area contributed by atoms with Crippen molar-refractivity contribution < 1.29 is 14.4 Å². The Morgan fingerprint density at radius 3 is 2.75 bits per heavy atom. The van der Waals surface area contributed by atoms with Crippen molar-refractivity contribution >= 4 is 17.7 Å². The summed E-state index contributed by atoms with van der Waals surface area (Å²) in [6.45, 7) is 6.49. The Morgan fingerprint density at radius 1 is 1.21 bits per heavy atom. The standard InChI is InChI=1S/C21H28N4O3/c1-21(2)8-7-15(22)12-24(21)10-13-3-4-14-11-25(20(28)16(14)9-13)17-5-6-18(26)23-19(17)27/h3-4,9,15,17H,5-8,10-12,22H2,1-2H3,(H,23,26,27). The molecular weight excluding hydrogens is 356 g/mol. The topological polar surface area (TPSA) is 95.7 Å². The summed E-state index contributed by atoms with van der Waals surface area (Å²) in [5.41, 5.74) is 8.94. The van der Waals surface area contributed by atoms with Crippen LogP contribution in [0.25, 0.3) is 0 Å². The smallest absolute Gasteiger partial charge is 0.255 e. The van der Waals surface area contributed by atoms with Crippen LogP contribution in [0.5, 0.6) is 0 Å². The van der Waals surface area contributed by atoms with Gasteiger partial charge in [0.15, 0.2) is 0 Å². The summed E-state index contributed by atoms with van der Waals surface area (Å²) in [7, 11) is 0. The highest BCUT2D eigenvalue weighted by Gasteiger charge is 2.39. The quantitative estimate of drug-likeness (QED) is 0.762. The molecule has 0 spiro atoms. The second-order valence-corrected chi connectivity index (χ2v) is 8.88. The average Bonchev–Trinajstić information content (AvgIpc) is 2.95. The van der Waals surface area contributed by atoms with E-state index in [0.29, 0.717) is 18.5 Å². The summed E-state index contributed by atoms with van der Waals surface area (Å²) in [5.74, 6) is -0.766. The maximum Gasteiger partial charge on any atom is 0.255 e. The fraction of sp³-hybridized carbons (Fsp3) is 0.571. The van der Waals surface area contributed by atoms with Gasteiger partial charge in [0.25, 0.3) is 5.91 Å². The number of carbonyl (C=O) groups is 3. The Hall–Kier alpha value is -2.25. The molecule has 2 unspecified atom stereocenters. The number of likely N-dealkylation sites (tertiary alicyclic amines) is 1. The van der Waals surface area contributed by atoms with Crippen LogP contribution in [0.2, 0.25) is 0 Å². The summed E-state index contributed by atoms with van der Waals surface area (Å²) in [6.07, 6.45) is 2.75. The maximum atomic E-state index is 13.0. The minimum absolute atomic E-state index is 0.0810. The number of fused-ring (bicyclic) bond motifs is 1. The number of nitrogens with zero attached hydrogens (tertiary/aromatic N) is 2. The zero-order valence-corrected chi connectivity index (χ0v) is 16.5. The fourth-order valence-electron chi connectivity index (χ4n) is 4.52. The Bertz CT molecular complexity index is 835. The van der Waals surface area contributed by atoms with E-state index in [1.54, 1.807) is 4.90 Å². The maximum absolute atomic E-state index is 13.0. The summed E-state index contributed by atoms with van der Waals surface area (Å²) < 4.78 is 0. The van der Waals surface area contributed by atoms with Crippen molar-refractivity contribution in [3.8, 4) is 0 Å². The SMILES string of the molecule is CC1(C)CCC(N)CN1Cc1ccc2c(c1)C(=O)N(C1CCC(=O)NC1=O)C2. The van der Waals surface area contributed by atoms with Crippen molar-refractivity contribution in [2.45, 2.75) is 70.2 Å². The third-order valence-corrected chi connectivity index (χ3v) is 6.40. The lowest BCUT2D eigenvalue weighted by Gasteiger charge is -2.44. The van der Waals surface area contributed by atoms with Crippen molar-refractivity contribution in [3.63, 3.8) is 0 Å². The zero-order chi connectivity index (χ0) is 20.1. The number of nitrogens with two attached hydrogens (primary N) is 1. The van der Waals surface area contributed by atoms with E-state index in [4.69, 9.17) is 5.73 Å². The van der Waals surface area contributed by atoms with E-state index < -0.39 is 6.04 Å². The Balaban J connectivity index is 1.51. The summed E-state index contributed by atoms with van der Waals surface area (Å²) in [5, 5.41) is 2.34. The first-order valence-electron chi connectivity index (χ1n) is 10.0. The molecule has 150 valence electrons. The molecule has 0 bridgehead atoms. The van der Waals surface area contributed by atoms with E-state index >= 15 is 0 Å². The van der Waals surface area contributed by atoms with Gasteiger partial charge in [0.2, 0.25) is 11.8 Å². The molecule has 4 rings (SSSR count). The molecule has 28 heavy (non-hydrogen) atoms. The highest BCUT2D eigenvalue weighted by Crippen LogP contribution is 2.31. The van der Waals surface area contributed by atoms with Crippen LogP contribution < -0.4 is 11.1 Å². The lowest BCUT2D eigenvalue weighted by atomic mass is 9.88. The number of imide groups is 1. The van der Waals surface area contributed by atoms with E-state index in [-0.39, 0.29) is 35.7 Å². The fourth-order valence-corrected chi connectivity index (χ4v) is 4.52. The number of hydrogen-bond donors (Lipinski definition) is 2. The van der Waals surface area contributed by atoms with Gasteiger partial charge in [0.05, 0.1) is 0 Å². The second-order valence-electron chi connectivity index (χ2n) is 8.88. The molecule has 3 N–H and O–H groups in total. The van der Waals surface area contributed by atoms with Crippen molar-refractivity contribution in [3.05, 3.63) is 34.9 Å². The number of nitrogens with one attached hydrogen (secondary N) is 1. The van der Waals surface area contributed by atoms with Crippen molar-refractivity contribution in [2.75, 3.05) is 6.54 Å². The molecule has 7 heteroatoms. The Labute approximate surface area is 165 Å². The van der Waals surface area contributed by atoms with E-state index in [2.05, 4.69) is 30.1 Å². The lowest BCUT2D eigenvalue weighted by molar-refractivity contribution is -0.136. The predicted octanol–water partition coefficient (Wildman–Crippen LogP) is 1.15. The molecule has 2 atom stereocenters. The van der Waals surface area contributed by atoms with Gasteiger partial charge in [-0.05, 0) is 50.3 Å². The number of carbonyl (C=O) groups excluding carboxylic acids is 3. The first-order valence-corrected chi connectivity index (χ1v) is 10.0. The number of piperidine rings is 2. The van der Waals surface area contributed by atoms with Crippen LogP contribution in [-0.2, 0) is 22.7 Å². The van der Waals surface area contributed by atoms with Crippen molar-refractivity contribution in [1.29, 1.82) is 0 Å². The molecular formula is C21H28N4O3. The van der Waals surface area contributed by atoms with Crippen LogP contribution >= 0.6 is 0 Å². The van der Waals surface area contributed by atoms with Gasteiger partial charge in [-0.3, -0.25) is 24.6 Å². The van der Waals surface area contributed by atoms with Crippen molar-refractivity contribution in [1.82, 2.24) is 15.1 Å². The molecule has 0 aliphatic carbocycles. The second kappa shape index (κ2) is 6.97. The van der Waals surface area contributed by atoms with Gasteiger partial charge in [-0.15, -0.1) is 0 Å². The molecule has 3 aliphatic rings. The molecule has 0 saturated carbocycles. The number of benzene rings is 1. The van der Waals surface area contributed by atoms with Gasteiger partial charge in [0.1, 0.15) is 6.04 Å². The lowest BCUT2D eigenvalue weighted by Crippen LogP contribution is -2.53. The van der Waals surface area contributed by atoms with Crippen LogP contribution in [0.1, 0.15) is 61.0 Å². The molecule has 1 aromatic rings. The molecule has 3 amide bonds. The molecule has 3 heterocycles. The number of amides is 3. The molecule has 1 aromatic carbocycles.